The number of rotatable bonds is 3. The van der Waals surface area contributed by atoms with Crippen LogP contribution < -0.4 is 11.2 Å². The van der Waals surface area contributed by atoms with Gasteiger partial charge >= 0.3 is 5.97 Å². The number of nitrogens with two attached hydrogens (primary N) is 1. The second-order valence-corrected chi connectivity index (χ2v) is 11.7. The summed E-state index contributed by atoms with van der Waals surface area (Å²) >= 11 is 4.91. The normalized spacial score (nSPS) is 49.1. The van der Waals surface area contributed by atoms with E-state index in [4.69, 9.17) is 22.7 Å². The Morgan fingerprint density at radius 2 is 1.97 bits per heavy atom. The van der Waals surface area contributed by atoms with E-state index >= 15 is 0 Å². The summed E-state index contributed by atoms with van der Waals surface area (Å²) < 4.78 is 5.20. The number of carbonyl (C=O) groups is 1. The molecule has 4 saturated carbocycles. The van der Waals surface area contributed by atoms with Crippen LogP contribution in [0.5, 0.6) is 0 Å². The molecule has 8 unspecified atom stereocenters. The summed E-state index contributed by atoms with van der Waals surface area (Å²) in [5.41, 5.74) is 6.20. The van der Waals surface area contributed by atoms with Crippen molar-refractivity contribution < 1.29 is 24.9 Å². The first-order valence-corrected chi connectivity index (χ1v) is 12.6. The fourth-order valence-corrected chi connectivity index (χ4v) is 8.62. The maximum absolute atomic E-state index is 12.3. The number of hydrogen-bond acceptors (Lipinski definition) is 7. The molecule has 0 saturated heterocycles. The first kappa shape index (κ1) is 23.2. The van der Waals surface area contributed by atoms with Crippen LogP contribution in [0.15, 0.2) is 16.8 Å². The lowest BCUT2D eigenvalue weighted by Gasteiger charge is -2.65. The quantitative estimate of drug-likeness (QED) is 0.179. The van der Waals surface area contributed by atoms with E-state index in [-0.39, 0.29) is 34.3 Å². The van der Waals surface area contributed by atoms with E-state index in [0.29, 0.717) is 45.1 Å². The Morgan fingerprint density at radius 1 is 1.21 bits per heavy atom. The molecule has 0 radical (unpaired) electrons. The Balaban J connectivity index is 1.52. The number of ether oxygens (including phenoxy) is 1. The van der Waals surface area contributed by atoms with Gasteiger partial charge in [-0.1, -0.05) is 6.92 Å². The van der Waals surface area contributed by atoms with Crippen LogP contribution in [0.2, 0.25) is 0 Å². The lowest BCUT2D eigenvalue weighted by molar-refractivity contribution is -0.237. The highest BCUT2D eigenvalue weighted by molar-refractivity contribution is 7.80. The van der Waals surface area contributed by atoms with Crippen LogP contribution in [0, 0.1) is 28.6 Å². The average molecular weight is 478 g/mol. The monoisotopic (exact) mass is 477 g/mol. The molecule has 0 amide bonds. The van der Waals surface area contributed by atoms with Crippen LogP contribution in [0.3, 0.4) is 0 Å². The minimum absolute atomic E-state index is 0.00771. The van der Waals surface area contributed by atoms with E-state index < -0.39 is 22.7 Å². The first-order valence-electron chi connectivity index (χ1n) is 12.1. The third-order valence-corrected chi connectivity index (χ3v) is 10.2. The van der Waals surface area contributed by atoms with Crippen molar-refractivity contribution in [3.63, 3.8) is 0 Å². The van der Waals surface area contributed by atoms with Crippen molar-refractivity contribution in [3.05, 3.63) is 11.6 Å². The molecular weight excluding hydrogens is 442 g/mol. The van der Waals surface area contributed by atoms with E-state index in [2.05, 4.69) is 17.5 Å². The van der Waals surface area contributed by atoms with E-state index in [1.807, 2.05) is 0 Å². The Kier molecular flexibility index (Phi) is 5.44. The summed E-state index contributed by atoms with van der Waals surface area (Å²) in [4.78, 5) is 11.7. The smallest absolute Gasteiger partial charge is 0.331 e. The van der Waals surface area contributed by atoms with Crippen molar-refractivity contribution in [3.8, 4) is 0 Å². The number of nitrogens with one attached hydrogen (secondary N) is 1. The zero-order valence-corrected chi connectivity index (χ0v) is 19.9. The average Bonchev–Trinajstić information content (AvgIpc) is 3.28. The number of aliphatic hydroxyl groups is 3. The standard InChI is InChI=1S/C24H35N3O5S/c1-21-6-3-17-18(24(21,31)9-5-16(21)14-10-19(29)32-12-14)4-8-23(30)11-15(28)2-7-22(17,23)13-26-27-20(25)33/h10,13,15-18,28,30-31H,2-9,11-12H2,1H3,(H3,25,27,33). The molecule has 0 bridgehead atoms. The largest absolute Gasteiger partial charge is 0.458 e. The number of carbonyl (C=O) groups excluding carboxylic acids is 1. The van der Waals surface area contributed by atoms with Gasteiger partial charge in [0.1, 0.15) is 6.61 Å². The van der Waals surface area contributed by atoms with Gasteiger partial charge in [0.25, 0.3) is 0 Å². The van der Waals surface area contributed by atoms with Gasteiger partial charge in [-0.2, -0.15) is 5.10 Å². The minimum atomic E-state index is -1.09. The first-order chi connectivity index (χ1) is 15.5. The van der Waals surface area contributed by atoms with E-state index in [1.165, 1.54) is 0 Å². The molecule has 5 aliphatic rings. The molecule has 0 aromatic heterocycles. The zero-order chi connectivity index (χ0) is 23.6. The zero-order valence-electron chi connectivity index (χ0n) is 19.1. The van der Waals surface area contributed by atoms with E-state index in [9.17, 15) is 20.1 Å². The predicted molar refractivity (Wildman–Crippen MR) is 126 cm³/mol. The number of hydrazone groups is 1. The Labute approximate surface area is 199 Å². The molecule has 0 aromatic rings. The maximum atomic E-state index is 12.3. The van der Waals surface area contributed by atoms with E-state index in [1.54, 1.807) is 12.3 Å². The lowest BCUT2D eigenvalue weighted by atomic mass is 9.41. The number of esters is 1. The summed E-state index contributed by atoms with van der Waals surface area (Å²) in [6.45, 7) is 2.49. The summed E-state index contributed by atoms with van der Waals surface area (Å²) in [7, 11) is 0. The molecule has 9 heteroatoms. The molecule has 8 atom stereocenters. The van der Waals surface area contributed by atoms with Crippen LogP contribution >= 0.6 is 12.2 Å². The van der Waals surface area contributed by atoms with Crippen LogP contribution in [0.1, 0.15) is 64.7 Å². The molecule has 6 N–H and O–H groups in total. The number of aliphatic hydroxyl groups excluding tert-OH is 1. The van der Waals surface area contributed by atoms with Crippen LogP contribution in [0.25, 0.3) is 0 Å². The predicted octanol–water partition coefficient (Wildman–Crippen LogP) is 1.52. The molecule has 0 spiro atoms. The lowest BCUT2D eigenvalue weighted by Crippen LogP contribution is -2.68. The fraction of sp³-hybridized carbons (Fsp3) is 0.792. The van der Waals surface area contributed by atoms with Crippen molar-refractivity contribution in [2.24, 2.45) is 39.4 Å². The highest BCUT2D eigenvalue weighted by atomic mass is 32.1. The molecule has 8 nitrogen and oxygen atoms in total. The van der Waals surface area contributed by atoms with Gasteiger partial charge in [-0.15, -0.1) is 0 Å². The van der Waals surface area contributed by atoms with Crippen molar-refractivity contribution >= 4 is 29.5 Å². The van der Waals surface area contributed by atoms with Gasteiger partial charge in [0, 0.05) is 29.5 Å². The number of hydrogen-bond donors (Lipinski definition) is 5. The van der Waals surface area contributed by atoms with Gasteiger partial charge < -0.3 is 25.8 Å². The summed E-state index contributed by atoms with van der Waals surface area (Å²) in [6, 6.07) is 0. The molecule has 4 fully saturated rings. The van der Waals surface area contributed by atoms with Crippen LogP contribution in [-0.4, -0.2) is 56.5 Å². The number of cyclic esters (lactones) is 1. The Bertz CT molecular complexity index is 926. The molecule has 1 heterocycles. The molecule has 5 rings (SSSR count). The summed E-state index contributed by atoms with van der Waals surface area (Å²) in [5.74, 6) is -0.161. The van der Waals surface area contributed by atoms with Crippen molar-refractivity contribution in [1.29, 1.82) is 0 Å². The molecule has 33 heavy (non-hydrogen) atoms. The highest BCUT2D eigenvalue weighted by Crippen LogP contribution is 2.70. The second-order valence-electron chi connectivity index (χ2n) is 11.3. The molecule has 0 aromatic carbocycles. The minimum Gasteiger partial charge on any atom is -0.458 e. The molecule has 4 aliphatic carbocycles. The van der Waals surface area contributed by atoms with Gasteiger partial charge in [-0.3, -0.25) is 5.43 Å². The van der Waals surface area contributed by atoms with E-state index in [0.717, 1.165) is 24.8 Å². The molecular formula is C24H35N3O5S. The van der Waals surface area contributed by atoms with Crippen molar-refractivity contribution in [1.82, 2.24) is 5.43 Å². The van der Waals surface area contributed by atoms with Gasteiger partial charge in [0.05, 0.1) is 17.3 Å². The SMILES string of the molecule is CC12CCC3C(CCC4(O)CC(O)CCC34C=NNC(N)=S)C1(O)CCC2C1=CC(=O)OC1. The molecule has 182 valence electrons. The van der Waals surface area contributed by atoms with Gasteiger partial charge in [0.15, 0.2) is 5.11 Å². The van der Waals surface area contributed by atoms with Crippen LogP contribution in [-0.2, 0) is 9.53 Å². The highest BCUT2D eigenvalue weighted by Gasteiger charge is 2.71. The number of thiocarbonyl (C=S) groups is 1. The molecule has 1 aliphatic heterocycles. The summed E-state index contributed by atoms with van der Waals surface area (Å²) in [6.07, 6.45) is 8.63. The van der Waals surface area contributed by atoms with Gasteiger partial charge in [-0.25, -0.2) is 4.79 Å². The third kappa shape index (κ3) is 3.22. The Hall–Kier alpha value is -1.55. The van der Waals surface area contributed by atoms with Crippen molar-refractivity contribution in [2.75, 3.05) is 6.61 Å². The fourth-order valence-electron chi connectivity index (χ4n) is 8.57. The third-order valence-electron chi connectivity index (χ3n) is 10.1. The topological polar surface area (TPSA) is 137 Å². The van der Waals surface area contributed by atoms with Gasteiger partial charge in [0.2, 0.25) is 0 Å². The van der Waals surface area contributed by atoms with Crippen molar-refractivity contribution in [2.45, 2.75) is 82.0 Å². The maximum Gasteiger partial charge on any atom is 0.331 e. The van der Waals surface area contributed by atoms with Crippen LogP contribution in [0.4, 0.5) is 0 Å². The summed E-state index contributed by atoms with van der Waals surface area (Å²) in [5, 5.41) is 39.0. The Morgan fingerprint density at radius 3 is 2.67 bits per heavy atom. The number of nitrogens with zero attached hydrogens (tertiary/aromatic N) is 1. The van der Waals surface area contributed by atoms with Gasteiger partial charge in [-0.05, 0) is 86.9 Å². The number of fused-ring (bicyclic) bond motifs is 5. The second kappa shape index (κ2) is 7.73.